The summed E-state index contributed by atoms with van der Waals surface area (Å²) >= 11 is 0. The molecule has 0 bridgehead atoms. The van der Waals surface area contributed by atoms with Crippen molar-refractivity contribution in [3.05, 3.63) is 0 Å². The van der Waals surface area contributed by atoms with Crippen LogP contribution in [0.5, 0.6) is 0 Å². The summed E-state index contributed by atoms with van der Waals surface area (Å²) < 4.78 is 5.61. The van der Waals surface area contributed by atoms with Crippen LogP contribution in [0.25, 0.3) is 0 Å². The molecule has 2 aliphatic carbocycles. The Labute approximate surface area is 147 Å². The molecule has 0 aromatic carbocycles. The summed E-state index contributed by atoms with van der Waals surface area (Å²) in [6.07, 6.45) is 10.8. The predicted molar refractivity (Wildman–Crippen MR) is 97.0 cm³/mol. The van der Waals surface area contributed by atoms with Crippen molar-refractivity contribution in [1.82, 2.24) is 10.2 Å². The number of nitrogens with zero attached hydrogens (tertiary/aromatic N) is 1. The highest BCUT2D eigenvalue weighted by Crippen LogP contribution is 2.36. The van der Waals surface area contributed by atoms with E-state index in [-0.39, 0.29) is 6.09 Å². The second-order valence-electron chi connectivity index (χ2n) is 9.33. The maximum atomic E-state index is 12.5. The number of ether oxygens (including phenoxy) is 1. The lowest BCUT2D eigenvalue weighted by Gasteiger charge is -2.27. The highest BCUT2D eigenvalue weighted by Gasteiger charge is 2.38. The Kier molecular flexibility index (Phi) is 5.74. The van der Waals surface area contributed by atoms with Crippen LogP contribution in [0, 0.1) is 17.8 Å². The van der Waals surface area contributed by atoms with Crippen LogP contribution in [0.4, 0.5) is 4.79 Å². The number of rotatable bonds is 5. The van der Waals surface area contributed by atoms with Crippen LogP contribution in [0.3, 0.4) is 0 Å². The zero-order chi connectivity index (χ0) is 17.2. The number of likely N-dealkylation sites (tertiary alicyclic amines) is 1. The Morgan fingerprint density at radius 3 is 2.33 bits per heavy atom. The van der Waals surface area contributed by atoms with Crippen LogP contribution >= 0.6 is 0 Å². The summed E-state index contributed by atoms with van der Waals surface area (Å²) in [5.74, 6) is 2.12. The summed E-state index contributed by atoms with van der Waals surface area (Å²) in [6.45, 7) is 8.68. The van der Waals surface area contributed by atoms with Crippen LogP contribution in [-0.2, 0) is 4.74 Å². The molecule has 4 heteroatoms. The van der Waals surface area contributed by atoms with Gasteiger partial charge in [-0.15, -0.1) is 0 Å². The van der Waals surface area contributed by atoms with E-state index in [1.807, 2.05) is 25.7 Å². The first kappa shape index (κ1) is 18.0. The Morgan fingerprint density at radius 1 is 1.04 bits per heavy atom. The smallest absolute Gasteiger partial charge is 0.410 e. The van der Waals surface area contributed by atoms with Gasteiger partial charge in [0.25, 0.3) is 0 Å². The molecule has 2 atom stereocenters. The first-order chi connectivity index (χ1) is 11.4. The minimum atomic E-state index is -0.402. The van der Waals surface area contributed by atoms with Crippen LogP contribution in [-0.4, -0.2) is 42.3 Å². The summed E-state index contributed by atoms with van der Waals surface area (Å²) in [4.78, 5) is 14.4. The van der Waals surface area contributed by atoms with Crippen molar-refractivity contribution in [2.45, 2.75) is 83.8 Å². The van der Waals surface area contributed by atoms with E-state index < -0.39 is 5.60 Å². The zero-order valence-corrected chi connectivity index (χ0v) is 15.9. The third-order valence-electron chi connectivity index (χ3n) is 5.84. The van der Waals surface area contributed by atoms with Gasteiger partial charge < -0.3 is 15.0 Å². The van der Waals surface area contributed by atoms with Crippen LogP contribution < -0.4 is 5.32 Å². The lowest BCUT2D eigenvalue weighted by Crippen LogP contribution is -2.36. The van der Waals surface area contributed by atoms with Gasteiger partial charge in [-0.1, -0.05) is 32.1 Å². The number of carbonyl (C=O) groups is 1. The molecule has 0 spiro atoms. The van der Waals surface area contributed by atoms with E-state index in [4.69, 9.17) is 4.74 Å². The first-order valence-electron chi connectivity index (χ1n) is 10.1. The monoisotopic (exact) mass is 336 g/mol. The molecule has 0 aromatic rings. The molecule has 1 N–H and O–H groups in total. The maximum absolute atomic E-state index is 12.5. The van der Waals surface area contributed by atoms with Gasteiger partial charge in [-0.25, -0.2) is 4.79 Å². The number of nitrogens with one attached hydrogen (secondary N) is 1. The van der Waals surface area contributed by atoms with Gasteiger partial charge in [0.2, 0.25) is 0 Å². The second-order valence-corrected chi connectivity index (χ2v) is 9.33. The van der Waals surface area contributed by atoms with E-state index in [1.165, 1.54) is 51.4 Å². The molecule has 24 heavy (non-hydrogen) atoms. The second kappa shape index (κ2) is 7.63. The Balaban J connectivity index is 1.56. The van der Waals surface area contributed by atoms with Gasteiger partial charge in [-0.05, 0) is 57.8 Å². The Hall–Kier alpha value is -0.770. The largest absolute Gasteiger partial charge is 0.444 e. The molecular weight excluding hydrogens is 300 g/mol. The zero-order valence-electron chi connectivity index (χ0n) is 15.9. The maximum Gasteiger partial charge on any atom is 0.410 e. The van der Waals surface area contributed by atoms with E-state index >= 15 is 0 Å². The average Bonchev–Trinajstić information content (AvgIpc) is 3.25. The molecule has 0 radical (unpaired) electrons. The summed E-state index contributed by atoms with van der Waals surface area (Å²) in [5.41, 5.74) is -0.402. The molecule has 0 unspecified atom stereocenters. The van der Waals surface area contributed by atoms with Crippen molar-refractivity contribution in [2.24, 2.45) is 17.8 Å². The Morgan fingerprint density at radius 2 is 1.71 bits per heavy atom. The van der Waals surface area contributed by atoms with Crippen LogP contribution in [0.1, 0.15) is 72.1 Å². The van der Waals surface area contributed by atoms with Crippen molar-refractivity contribution >= 4 is 6.09 Å². The minimum absolute atomic E-state index is 0.120. The Bertz CT molecular complexity index is 422. The van der Waals surface area contributed by atoms with E-state index in [2.05, 4.69) is 5.32 Å². The molecule has 1 heterocycles. The fourth-order valence-corrected chi connectivity index (χ4v) is 4.37. The van der Waals surface area contributed by atoms with Gasteiger partial charge in [-0.3, -0.25) is 0 Å². The summed E-state index contributed by atoms with van der Waals surface area (Å²) in [5, 5.41) is 3.69. The molecule has 1 amide bonds. The van der Waals surface area contributed by atoms with Crippen molar-refractivity contribution < 1.29 is 9.53 Å². The van der Waals surface area contributed by atoms with Gasteiger partial charge in [0, 0.05) is 25.7 Å². The SMILES string of the molecule is CC(C)(C)OC(=O)N1C[C@@H](CNC2CC2)[C@H](CC2CCCCC2)C1. The van der Waals surface area contributed by atoms with E-state index in [0.717, 1.165) is 31.6 Å². The topological polar surface area (TPSA) is 41.6 Å². The molecular formula is C20H36N2O2. The summed E-state index contributed by atoms with van der Waals surface area (Å²) in [6, 6.07) is 0.746. The third-order valence-corrected chi connectivity index (χ3v) is 5.84. The molecule has 3 fully saturated rings. The normalized spacial score (nSPS) is 29.0. The van der Waals surface area contributed by atoms with Gasteiger partial charge in [0.15, 0.2) is 0 Å². The fourth-order valence-electron chi connectivity index (χ4n) is 4.37. The fraction of sp³-hybridized carbons (Fsp3) is 0.950. The van der Waals surface area contributed by atoms with E-state index in [1.54, 1.807) is 0 Å². The minimum Gasteiger partial charge on any atom is -0.444 e. The molecule has 2 saturated carbocycles. The van der Waals surface area contributed by atoms with Crippen molar-refractivity contribution in [3.63, 3.8) is 0 Å². The van der Waals surface area contributed by atoms with Crippen LogP contribution in [0.2, 0.25) is 0 Å². The van der Waals surface area contributed by atoms with Gasteiger partial charge in [0.1, 0.15) is 5.60 Å². The molecule has 1 saturated heterocycles. The van der Waals surface area contributed by atoms with Gasteiger partial charge >= 0.3 is 6.09 Å². The first-order valence-corrected chi connectivity index (χ1v) is 10.1. The van der Waals surface area contributed by atoms with Gasteiger partial charge in [-0.2, -0.15) is 0 Å². The highest BCUT2D eigenvalue weighted by atomic mass is 16.6. The highest BCUT2D eigenvalue weighted by molar-refractivity contribution is 5.68. The number of hydrogen-bond acceptors (Lipinski definition) is 3. The average molecular weight is 337 g/mol. The van der Waals surface area contributed by atoms with Crippen molar-refractivity contribution in [3.8, 4) is 0 Å². The van der Waals surface area contributed by atoms with Crippen LogP contribution in [0.15, 0.2) is 0 Å². The number of carbonyl (C=O) groups excluding carboxylic acids is 1. The third kappa shape index (κ3) is 5.37. The predicted octanol–water partition coefficient (Wildman–Crippen LogP) is 4.19. The van der Waals surface area contributed by atoms with Crippen molar-refractivity contribution in [2.75, 3.05) is 19.6 Å². The van der Waals surface area contributed by atoms with Gasteiger partial charge in [0.05, 0.1) is 0 Å². The lowest BCUT2D eigenvalue weighted by molar-refractivity contribution is 0.0282. The summed E-state index contributed by atoms with van der Waals surface area (Å²) in [7, 11) is 0. The number of hydrogen-bond donors (Lipinski definition) is 1. The molecule has 138 valence electrons. The van der Waals surface area contributed by atoms with E-state index in [9.17, 15) is 4.79 Å². The quantitative estimate of drug-likeness (QED) is 0.818. The molecule has 3 rings (SSSR count). The molecule has 3 aliphatic rings. The standard InChI is InChI=1S/C20H36N2O2/c1-20(2,3)24-19(23)22-13-16(11-15-7-5-4-6-8-15)17(14-22)12-21-18-9-10-18/h15-18,21H,4-14H2,1-3H3/t16-,17-/m1/s1. The molecule has 1 aliphatic heterocycles. The van der Waals surface area contributed by atoms with Crippen molar-refractivity contribution in [1.29, 1.82) is 0 Å². The number of amides is 1. The van der Waals surface area contributed by atoms with E-state index in [0.29, 0.717) is 11.8 Å². The molecule has 4 nitrogen and oxygen atoms in total. The lowest BCUT2D eigenvalue weighted by atomic mass is 9.79. The molecule has 0 aromatic heterocycles.